The molecule has 0 amide bonds. The van der Waals surface area contributed by atoms with Gasteiger partial charge in [0.25, 0.3) is 0 Å². The molecule has 16 heteroatoms. The maximum atomic E-state index is 13.7. The topological polar surface area (TPSA) is 222 Å². The highest BCUT2D eigenvalue weighted by atomic mass is 32.2. The summed E-state index contributed by atoms with van der Waals surface area (Å²) in [7, 11) is 0. The molecule has 5 aromatic carbocycles. The van der Waals surface area contributed by atoms with Gasteiger partial charge in [0.15, 0.2) is 11.6 Å². The monoisotopic (exact) mass is 698 g/mol. The third-order valence-electron chi connectivity index (χ3n) is 7.69. The molecule has 1 aromatic heterocycles. The van der Waals surface area contributed by atoms with Crippen LogP contribution in [0, 0.1) is 5.53 Å². The fourth-order valence-electron chi connectivity index (χ4n) is 5.38. The van der Waals surface area contributed by atoms with Crippen LogP contribution in [0.5, 0.6) is 0 Å². The number of nitrogens with zero attached hydrogens (tertiary/aromatic N) is 4. The Bertz CT molecular complexity index is 2270. The number of hydrogen-bond acceptors (Lipinski definition) is 16. The van der Waals surface area contributed by atoms with Crippen LogP contribution in [-0.2, 0) is 9.37 Å². The fraction of sp³-hybridized carbons (Fsp3) is 0. The standard InChI is InChI=1S/C35H26N10O5S/c36-30-27(51-50-49-48)18-26(28-29(30)32(47)25-9-5-4-8-24(25)31(28)46)38-20-10-12-21(13-11-20)40-34-42-33(39-19-6-2-1-3-7-19)43-35(44-34)41-22-14-16-23(45-37)17-15-22/h1-18,37-38,48H,36H2,(H3,39,40,41,42,43,44). The number of rotatable bonds is 12. The van der Waals surface area contributed by atoms with Gasteiger partial charge in [-0.1, -0.05) is 47.5 Å². The van der Waals surface area contributed by atoms with E-state index in [1.165, 1.54) is 0 Å². The number of nitrogens with two attached hydrogens (primary N) is 1. The van der Waals surface area contributed by atoms with Crippen LogP contribution in [0.1, 0.15) is 31.8 Å². The minimum absolute atomic E-state index is 0.0118. The van der Waals surface area contributed by atoms with Crippen molar-refractivity contribution in [2.45, 2.75) is 4.90 Å². The highest BCUT2D eigenvalue weighted by Crippen LogP contribution is 2.42. The molecule has 1 aliphatic carbocycles. The number of nitrogens with one attached hydrogen (secondary N) is 5. The Morgan fingerprint density at radius 3 is 1.65 bits per heavy atom. The zero-order valence-corrected chi connectivity index (χ0v) is 27.1. The van der Waals surface area contributed by atoms with E-state index in [0.29, 0.717) is 40.5 Å². The second kappa shape index (κ2) is 14.4. The SMILES string of the molecule is N=Nc1ccc(Nc2nc(Nc3ccccc3)nc(Nc3ccc(Nc4cc(SOOO)c(N)c5c4C(=O)c4ccccc4C5=O)cc3)n2)cc1. The third kappa shape index (κ3) is 7.05. The molecule has 8 N–H and O–H groups in total. The van der Waals surface area contributed by atoms with Crippen molar-refractivity contribution in [2.75, 3.05) is 27.0 Å². The average Bonchev–Trinajstić information content (AvgIpc) is 3.15. The molecule has 0 unspecified atom stereocenters. The highest BCUT2D eigenvalue weighted by molar-refractivity contribution is 7.94. The molecule has 15 nitrogen and oxygen atoms in total. The van der Waals surface area contributed by atoms with Gasteiger partial charge in [-0.25, -0.2) is 10.8 Å². The smallest absolute Gasteiger partial charge is 0.233 e. The van der Waals surface area contributed by atoms with Gasteiger partial charge in [0, 0.05) is 33.9 Å². The van der Waals surface area contributed by atoms with Gasteiger partial charge in [-0.05, 0) is 66.7 Å². The fourth-order valence-corrected chi connectivity index (χ4v) is 5.84. The van der Waals surface area contributed by atoms with E-state index in [4.69, 9.17) is 16.5 Å². The minimum Gasteiger partial charge on any atom is -0.397 e. The third-order valence-corrected chi connectivity index (χ3v) is 8.34. The zero-order valence-electron chi connectivity index (χ0n) is 26.2. The molecule has 0 aliphatic heterocycles. The van der Waals surface area contributed by atoms with Gasteiger partial charge in [0.1, 0.15) is 0 Å². The molecular formula is C35H26N10O5S. The lowest BCUT2D eigenvalue weighted by atomic mass is 9.82. The molecule has 0 radical (unpaired) electrons. The van der Waals surface area contributed by atoms with Crippen LogP contribution in [0.3, 0.4) is 0 Å². The van der Waals surface area contributed by atoms with Crippen molar-refractivity contribution in [1.82, 2.24) is 15.0 Å². The number of ketones is 2. The van der Waals surface area contributed by atoms with Crippen molar-refractivity contribution in [3.05, 3.63) is 131 Å². The lowest BCUT2D eigenvalue weighted by molar-refractivity contribution is -0.432. The zero-order chi connectivity index (χ0) is 35.3. The Labute approximate surface area is 293 Å². The average molecular weight is 699 g/mol. The van der Waals surface area contributed by atoms with E-state index in [9.17, 15) is 9.59 Å². The summed E-state index contributed by atoms with van der Waals surface area (Å²) in [6, 6.07) is 31.5. The molecule has 0 fully saturated rings. The minimum atomic E-state index is -0.416. The van der Waals surface area contributed by atoms with E-state index in [1.54, 1.807) is 78.9 Å². The molecule has 6 aromatic rings. The molecule has 0 atom stereocenters. The molecule has 0 saturated heterocycles. The van der Waals surface area contributed by atoms with E-state index in [1.807, 2.05) is 30.3 Å². The molecule has 7 rings (SSSR count). The normalized spacial score (nSPS) is 11.7. The highest BCUT2D eigenvalue weighted by Gasteiger charge is 2.35. The maximum absolute atomic E-state index is 13.7. The van der Waals surface area contributed by atoms with Crippen molar-refractivity contribution >= 4 is 81.3 Å². The number of fused-ring (bicyclic) bond motifs is 2. The van der Waals surface area contributed by atoms with Crippen LogP contribution in [0.25, 0.3) is 0 Å². The van der Waals surface area contributed by atoms with Gasteiger partial charge in [-0.3, -0.25) is 9.59 Å². The Morgan fingerprint density at radius 1 is 0.647 bits per heavy atom. The number of carbonyl (C=O) groups is 2. The van der Waals surface area contributed by atoms with E-state index in [2.05, 4.69) is 50.7 Å². The summed E-state index contributed by atoms with van der Waals surface area (Å²) in [4.78, 5) is 41.1. The Kier molecular flexibility index (Phi) is 9.27. The molecule has 0 bridgehead atoms. The van der Waals surface area contributed by atoms with Gasteiger partial charge < -0.3 is 27.0 Å². The summed E-state index contributed by atoms with van der Waals surface area (Å²) >= 11 is 0.586. The van der Waals surface area contributed by atoms with Gasteiger partial charge >= 0.3 is 0 Å². The molecule has 0 saturated carbocycles. The first kappa shape index (κ1) is 32.8. The Balaban J connectivity index is 1.17. The second-order valence-electron chi connectivity index (χ2n) is 10.9. The van der Waals surface area contributed by atoms with Crippen LogP contribution in [0.15, 0.2) is 119 Å². The molecule has 1 heterocycles. The predicted molar refractivity (Wildman–Crippen MR) is 192 cm³/mol. The molecule has 51 heavy (non-hydrogen) atoms. The van der Waals surface area contributed by atoms with Gasteiger partial charge in [0.2, 0.25) is 17.8 Å². The number of aromatic nitrogens is 3. The predicted octanol–water partition coefficient (Wildman–Crippen LogP) is 8.29. The summed E-state index contributed by atoms with van der Waals surface area (Å²) < 4.78 is 4.62. The number of benzene rings is 5. The number of carbonyl (C=O) groups excluding carboxylic acids is 2. The van der Waals surface area contributed by atoms with Gasteiger partial charge in [0.05, 0.1) is 45.1 Å². The lowest BCUT2D eigenvalue weighted by Crippen LogP contribution is -2.24. The largest absolute Gasteiger partial charge is 0.397 e. The lowest BCUT2D eigenvalue weighted by Gasteiger charge is -2.23. The summed E-state index contributed by atoms with van der Waals surface area (Å²) in [5.74, 6) is 0.00591. The molecule has 0 spiro atoms. The van der Waals surface area contributed by atoms with Crippen molar-refractivity contribution < 1.29 is 24.2 Å². The summed E-state index contributed by atoms with van der Waals surface area (Å²) in [5.41, 5.74) is 17.7. The number of hydrogen-bond donors (Lipinski definition) is 7. The van der Waals surface area contributed by atoms with Crippen LogP contribution in [-0.4, -0.2) is 31.8 Å². The van der Waals surface area contributed by atoms with Gasteiger partial charge in [-0.2, -0.15) is 20.1 Å². The number of nitrogen functional groups attached to an aromatic ring is 1. The van der Waals surface area contributed by atoms with Gasteiger partial charge in [-0.15, -0.1) is 4.33 Å². The molecule has 252 valence electrons. The number of para-hydroxylation sites is 1. The summed E-state index contributed by atoms with van der Waals surface area (Å²) in [6.07, 6.45) is 0. The number of anilines is 9. The van der Waals surface area contributed by atoms with E-state index in [-0.39, 0.29) is 56.5 Å². The molecule has 1 aliphatic rings. The molecular weight excluding hydrogens is 673 g/mol. The van der Waals surface area contributed by atoms with E-state index in [0.717, 1.165) is 5.69 Å². The quantitative estimate of drug-likeness (QED) is 0.0210. The van der Waals surface area contributed by atoms with Crippen LogP contribution in [0.2, 0.25) is 0 Å². The first-order chi connectivity index (χ1) is 24.9. The maximum Gasteiger partial charge on any atom is 0.233 e. The van der Waals surface area contributed by atoms with Crippen LogP contribution >= 0.6 is 12.0 Å². The van der Waals surface area contributed by atoms with Crippen molar-refractivity contribution in [2.24, 2.45) is 5.11 Å². The van der Waals surface area contributed by atoms with Crippen molar-refractivity contribution in [1.29, 1.82) is 5.53 Å². The van der Waals surface area contributed by atoms with Crippen LogP contribution < -0.4 is 27.0 Å². The second-order valence-corrected chi connectivity index (χ2v) is 11.7. The van der Waals surface area contributed by atoms with Crippen LogP contribution in [0.4, 0.5) is 57.7 Å². The first-order valence-corrected chi connectivity index (χ1v) is 15.9. The van der Waals surface area contributed by atoms with E-state index < -0.39 is 5.78 Å². The first-order valence-electron chi connectivity index (χ1n) is 15.2. The summed E-state index contributed by atoms with van der Waals surface area (Å²) in [6.45, 7) is 0. The van der Waals surface area contributed by atoms with Crippen molar-refractivity contribution in [3.63, 3.8) is 0 Å². The Hall–Kier alpha value is -6.72. The van der Waals surface area contributed by atoms with E-state index >= 15 is 0 Å². The summed E-state index contributed by atoms with van der Waals surface area (Å²) in [5, 5.41) is 28.7. The van der Waals surface area contributed by atoms with Crippen molar-refractivity contribution in [3.8, 4) is 0 Å². The Morgan fingerprint density at radius 2 is 1.12 bits per heavy atom.